The van der Waals surface area contributed by atoms with Gasteiger partial charge in [0.2, 0.25) is 15.9 Å². The molecule has 3 aromatic rings. The van der Waals surface area contributed by atoms with Gasteiger partial charge in [-0.3, -0.25) is 9.59 Å². The van der Waals surface area contributed by atoms with Gasteiger partial charge in [-0.2, -0.15) is 0 Å². The van der Waals surface area contributed by atoms with Gasteiger partial charge in [0.05, 0.1) is 29.5 Å². The summed E-state index contributed by atoms with van der Waals surface area (Å²) in [4.78, 5) is 33.9. The molecule has 2 aromatic carbocycles. The van der Waals surface area contributed by atoms with Crippen molar-refractivity contribution in [1.82, 2.24) is 19.6 Å². The van der Waals surface area contributed by atoms with E-state index in [4.69, 9.17) is 16.3 Å². The number of fused-ring (bicyclic) bond motifs is 1. The summed E-state index contributed by atoms with van der Waals surface area (Å²) in [5.41, 5.74) is 0.125. The Morgan fingerprint density at radius 2 is 1.94 bits per heavy atom. The number of carbonyl (C=O) groups is 1. The topological polar surface area (TPSA) is 121 Å². The summed E-state index contributed by atoms with van der Waals surface area (Å²) in [5, 5.41) is 0.863. The number of aromatic amines is 1. The highest BCUT2D eigenvalue weighted by Crippen LogP contribution is 2.16. The van der Waals surface area contributed by atoms with E-state index in [1.54, 1.807) is 30.3 Å². The van der Waals surface area contributed by atoms with Crippen molar-refractivity contribution in [2.24, 2.45) is 0 Å². The highest BCUT2D eigenvalue weighted by molar-refractivity contribution is 7.89. The first-order valence-electron chi connectivity index (χ1n) is 10.3. The quantitative estimate of drug-likeness (QED) is 0.448. The molecular formula is C22H25ClN4O5S. The average molecular weight is 493 g/mol. The molecule has 11 heteroatoms. The number of rotatable bonds is 10. The van der Waals surface area contributed by atoms with Crippen LogP contribution in [0.3, 0.4) is 0 Å². The summed E-state index contributed by atoms with van der Waals surface area (Å²) >= 11 is 6.00. The summed E-state index contributed by atoms with van der Waals surface area (Å²) in [6.07, 6.45) is 0.645. The summed E-state index contributed by atoms with van der Waals surface area (Å²) in [6, 6.07) is 10.8. The Bertz CT molecular complexity index is 1290. The second-order valence-electron chi connectivity index (χ2n) is 7.31. The van der Waals surface area contributed by atoms with E-state index < -0.39 is 10.0 Å². The van der Waals surface area contributed by atoms with E-state index in [-0.39, 0.29) is 35.9 Å². The fourth-order valence-corrected chi connectivity index (χ4v) is 4.47. The Labute approximate surface area is 196 Å². The molecule has 1 amide bonds. The van der Waals surface area contributed by atoms with Crippen molar-refractivity contribution in [2.45, 2.75) is 31.2 Å². The number of sulfonamides is 1. The minimum Gasteiger partial charge on any atom is -0.497 e. The van der Waals surface area contributed by atoms with Gasteiger partial charge in [0.1, 0.15) is 11.6 Å². The average Bonchev–Trinajstić information content (AvgIpc) is 2.78. The third kappa shape index (κ3) is 6.31. The van der Waals surface area contributed by atoms with Crippen molar-refractivity contribution in [2.75, 3.05) is 20.2 Å². The molecule has 0 saturated heterocycles. The van der Waals surface area contributed by atoms with Gasteiger partial charge in [0.15, 0.2) is 0 Å². The Balaban J connectivity index is 1.66. The fourth-order valence-electron chi connectivity index (χ4n) is 3.27. The number of carbonyl (C=O) groups excluding carboxylic acids is 1. The third-order valence-electron chi connectivity index (χ3n) is 4.91. The number of aromatic nitrogens is 2. The zero-order valence-electron chi connectivity index (χ0n) is 18.3. The van der Waals surface area contributed by atoms with E-state index in [1.807, 2.05) is 6.92 Å². The number of H-pyrrole nitrogens is 1. The molecule has 33 heavy (non-hydrogen) atoms. The number of nitrogens with zero attached hydrogens (tertiary/aromatic N) is 2. The van der Waals surface area contributed by atoms with Gasteiger partial charge >= 0.3 is 0 Å². The van der Waals surface area contributed by atoms with Crippen molar-refractivity contribution in [1.29, 1.82) is 0 Å². The zero-order valence-corrected chi connectivity index (χ0v) is 19.9. The van der Waals surface area contributed by atoms with Crippen LogP contribution in [-0.4, -0.2) is 49.4 Å². The summed E-state index contributed by atoms with van der Waals surface area (Å²) in [7, 11) is -2.27. The van der Waals surface area contributed by atoms with Crippen LogP contribution in [0.15, 0.2) is 52.2 Å². The summed E-state index contributed by atoms with van der Waals surface area (Å²) < 4.78 is 32.4. The van der Waals surface area contributed by atoms with E-state index in [9.17, 15) is 18.0 Å². The summed E-state index contributed by atoms with van der Waals surface area (Å²) in [6.45, 7) is 2.38. The Morgan fingerprint density at radius 1 is 1.21 bits per heavy atom. The van der Waals surface area contributed by atoms with Crippen LogP contribution in [0, 0.1) is 0 Å². The highest BCUT2D eigenvalue weighted by atomic mass is 35.5. The van der Waals surface area contributed by atoms with Crippen molar-refractivity contribution < 1.29 is 17.9 Å². The number of nitrogens with one attached hydrogen (secondary N) is 2. The molecule has 176 valence electrons. The van der Waals surface area contributed by atoms with Crippen LogP contribution >= 0.6 is 11.6 Å². The number of hydrogen-bond donors (Lipinski definition) is 2. The lowest BCUT2D eigenvalue weighted by molar-refractivity contribution is -0.131. The van der Waals surface area contributed by atoms with Crippen LogP contribution in [0.1, 0.15) is 25.6 Å². The predicted octanol–water partition coefficient (Wildman–Crippen LogP) is 2.69. The molecule has 0 radical (unpaired) electrons. The molecule has 0 fully saturated rings. The Kier molecular flexibility index (Phi) is 8.06. The number of benzene rings is 2. The first-order valence-corrected chi connectivity index (χ1v) is 12.2. The number of amides is 1. The molecule has 9 nitrogen and oxygen atoms in total. The molecule has 0 aliphatic rings. The van der Waals surface area contributed by atoms with Crippen LogP contribution in [0.4, 0.5) is 0 Å². The van der Waals surface area contributed by atoms with Gasteiger partial charge in [0.25, 0.3) is 5.56 Å². The van der Waals surface area contributed by atoms with Crippen LogP contribution in [0.25, 0.3) is 10.9 Å². The number of ether oxygens (including phenoxy) is 1. The van der Waals surface area contributed by atoms with E-state index in [1.165, 1.54) is 24.1 Å². The molecule has 0 unspecified atom stereocenters. The highest BCUT2D eigenvalue weighted by Gasteiger charge is 2.18. The van der Waals surface area contributed by atoms with Gasteiger partial charge in [0, 0.05) is 24.5 Å². The molecule has 1 aromatic heterocycles. The van der Waals surface area contributed by atoms with Crippen LogP contribution in [0.2, 0.25) is 5.02 Å². The van der Waals surface area contributed by atoms with Crippen LogP contribution in [-0.2, 0) is 21.4 Å². The molecular weight excluding hydrogens is 468 g/mol. The van der Waals surface area contributed by atoms with Gasteiger partial charge in [-0.05, 0) is 48.9 Å². The lowest BCUT2D eigenvalue weighted by Crippen LogP contribution is -2.35. The van der Waals surface area contributed by atoms with E-state index >= 15 is 0 Å². The standard InChI is InChI=1S/C22H25ClN4O5S/c1-3-12-27(14-20-25-19-13-15(23)4-9-18(19)22(29)26-20)21(28)10-11-24-33(30,31)17-7-5-16(32-2)6-8-17/h4-9,13,24H,3,10-12,14H2,1-2H3,(H,25,26,29). The van der Waals surface area contributed by atoms with Crippen molar-refractivity contribution in [3.05, 3.63) is 63.7 Å². The monoisotopic (exact) mass is 492 g/mol. The maximum Gasteiger partial charge on any atom is 0.258 e. The van der Waals surface area contributed by atoms with Crippen LogP contribution < -0.4 is 15.0 Å². The smallest absolute Gasteiger partial charge is 0.258 e. The van der Waals surface area contributed by atoms with Gasteiger partial charge in [-0.15, -0.1) is 0 Å². The van der Waals surface area contributed by atoms with E-state index in [0.29, 0.717) is 40.5 Å². The number of methoxy groups -OCH3 is 1. The largest absolute Gasteiger partial charge is 0.497 e. The second-order valence-corrected chi connectivity index (χ2v) is 9.52. The molecule has 0 atom stereocenters. The maximum atomic E-state index is 12.8. The molecule has 0 aliphatic heterocycles. The van der Waals surface area contributed by atoms with Gasteiger partial charge < -0.3 is 14.6 Å². The minimum atomic E-state index is -3.76. The predicted molar refractivity (Wildman–Crippen MR) is 126 cm³/mol. The molecule has 3 rings (SSSR count). The maximum absolute atomic E-state index is 12.8. The second kappa shape index (κ2) is 10.8. The van der Waals surface area contributed by atoms with Gasteiger partial charge in [-0.25, -0.2) is 18.1 Å². The molecule has 0 aliphatic carbocycles. The summed E-state index contributed by atoms with van der Waals surface area (Å²) in [5.74, 6) is 0.612. The molecule has 0 saturated carbocycles. The molecule has 0 bridgehead atoms. The lowest BCUT2D eigenvalue weighted by atomic mass is 10.2. The minimum absolute atomic E-state index is 0.0426. The van der Waals surface area contributed by atoms with Gasteiger partial charge in [-0.1, -0.05) is 18.5 Å². The van der Waals surface area contributed by atoms with Crippen molar-refractivity contribution in [3.63, 3.8) is 0 Å². The SMILES string of the molecule is CCCN(Cc1nc2cc(Cl)ccc2c(=O)[nH]1)C(=O)CCNS(=O)(=O)c1ccc(OC)cc1. The van der Waals surface area contributed by atoms with E-state index in [2.05, 4.69) is 14.7 Å². The number of halogens is 1. The normalized spacial score (nSPS) is 11.5. The lowest BCUT2D eigenvalue weighted by Gasteiger charge is -2.22. The van der Waals surface area contributed by atoms with Crippen molar-refractivity contribution in [3.8, 4) is 5.75 Å². The Hall–Kier alpha value is -2.95. The van der Waals surface area contributed by atoms with Crippen molar-refractivity contribution >= 4 is 38.4 Å². The van der Waals surface area contributed by atoms with Crippen LogP contribution in [0.5, 0.6) is 5.75 Å². The first-order chi connectivity index (χ1) is 15.7. The Morgan fingerprint density at radius 3 is 2.61 bits per heavy atom. The van der Waals surface area contributed by atoms with E-state index in [0.717, 1.165) is 0 Å². The number of hydrogen-bond acceptors (Lipinski definition) is 6. The fraction of sp³-hybridized carbons (Fsp3) is 0.318. The third-order valence-corrected chi connectivity index (χ3v) is 6.62. The zero-order chi connectivity index (χ0) is 24.0. The molecule has 1 heterocycles. The first kappa shape index (κ1) is 24.7. The molecule has 2 N–H and O–H groups in total. The molecule has 0 spiro atoms.